The second-order valence-electron chi connectivity index (χ2n) is 4.70. The van der Waals surface area contributed by atoms with Crippen LogP contribution in [-0.4, -0.2) is 20.8 Å². The molecule has 0 spiro atoms. The molecule has 0 aliphatic rings. The van der Waals surface area contributed by atoms with E-state index in [-0.39, 0.29) is 18.2 Å². The van der Waals surface area contributed by atoms with Crippen molar-refractivity contribution in [2.75, 3.05) is 20.8 Å². The van der Waals surface area contributed by atoms with Gasteiger partial charge in [-0.2, -0.15) is 0 Å². The maximum atomic E-state index is 13.5. The van der Waals surface area contributed by atoms with E-state index < -0.39 is 0 Å². The minimum absolute atomic E-state index is 0. The fourth-order valence-electron chi connectivity index (χ4n) is 2.15. The van der Waals surface area contributed by atoms with Crippen LogP contribution in [0.2, 0.25) is 0 Å². The fourth-order valence-corrected chi connectivity index (χ4v) is 2.15. The smallest absolute Gasteiger partial charge is 0.127 e. The summed E-state index contributed by atoms with van der Waals surface area (Å²) >= 11 is 0. The average Bonchev–Trinajstić information content (AvgIpc) is 2.53. The van der Waals surface area contributed by atoms with Crippen molar-refractivity contribution in [2.24, 2.45) is 0 Å². The summed E-state index contributed by atoms with van der Waals surface area (Å²) in [5, 5.41) is 3.30. The van der Waals surface area contributed by atoms with Gasteiger partial charge >= 0.3 is 0 Å². The number of hydrogen-bond donors (Lipinski definition) is 1. The molecule has 2 aromatic carbocycles. The normalized spacial score (nSPS) is 9.95. The van der Waals surface area contributed by atoms with E-state index in [0.717, 1.165) is 22.6 Å². The van der Waals surface area contributed by atoms with Crippen LogP contribution in [0.1, 0.15) is 11.1 Å². The van der Waals surface area contributed by atoms with Gasteiger partial charge in [0, 0.05) is 18.2 Å². The molecule has 3 nitrogen and oxygen atoms in total. The Labute approximate surface area is 136 Å². The van der Waals surface area contributed by atoms with E-state index >= 15 is 0 Å². The van der Waals surface area contributed by atoms with Gasteiger partial charge in [-0.15, -0.1) is 12.4 Å². The van der Waals surface area contributed by atoms with Crippen LogP contribution in [0.4, 0.5) is 4.39 Å². The summed E-state index contributed by atoms with van der Waals surface area (Å²) < 4.78 is 24.0. The van der Waals surface area contributed by atoms with Crippen LogP contribution < -0.4 is 14.8 Å². The molecular formula is C17H21ClFNO2. The van der Waals surface area contributed by atoms with Gasteiger partial charge in [0.2, 0.25) is 0 Å². The van der Waals surface area contributed by atoms with Gasteiger partial charge in [-0.1, -0.05) is 24.3 Å². The molecule has 0 heterocycles. The minimum Gasteiger partial charge on any atom is -0.497 e. The lowest BCUT2D eigenvalue weighted by atomic mass is 10.1. The van der Waals surface area contributed by atoms with Crippen LogP contribution in [0.5, 0.6) is 11.5 Å². The zero-order chi connectivity index (χ0) is 15.1. The predicted molar refractivity (Wildman–Crippen MR) is 88.6 cm³/mol. The topological polar surface area (TPSA) is 30.5 Å². The van der Waals surface area contributed by atoms with Crippen molar-refractivity contribution in [1.82, 2.24) is 5.32 Å². The largest absolute Gasteiger partial charge is 0.497 e. The highest BCUT2D eigenvalue weighted by Gasteiger charge is 2.05. The molecule has 0 fully saturated rings. The monoisotopic (exact) mass is 325 g/mol. The van der Waals surface area contributed by atoms with Gasteiger partial charge in [0.1, 0.15) is 17.3 Å². The molecule has 2 rings (SSSR count). The number of rotatable bonds is 7. The number of benzene rings is 2. The molecule has 0 aliphatic heterocycles. The Morgan fingerprint density at radius 2 is 1.77 bits per heavy atom. The van der Waals surface area contributed by atoms with Crippen LogP contribution >= 0.6 is 12.4 Å². The molecule has 0 aliphatic carbocycles. The number of ether oxygens (including phenoxy) is 2. The molecule has 0 saturated heterocycles. The summed E-state index contributed by atoms with van der Waals surface area (Å²) in [5.74, 6) is 1.40. The summed E-state index contributed by atoms with van der Waals surface area (Å²) in [4.78, 5) is 0. The SMILES string of the molecule is COc1ccc(CNCCc2ccccc2F)c(OC)c1.Cl. The Bertz CT molecular complexity index is 593. The second-order valence-corrected chi connectivity index (χ2v) is 4.70. The fraction of sp³-hybridized carbons (Fsp3) is 0.294. The predicted octanol–water partition coefficient (Wildman–Crippen LogP) is 3.60. The van der Waals surface area contributed by atoms with E-state index in [1.165, 1.54) is 6.07 Å². The van der Waals surface area contributed by atoms with Crippen molar-refractivity contribution in [2.45, 2.75) is 13.0 Å². The summed E-state index contributed by atoms with van der Waals surface area (Å²) in [7, 11) is 3.26. The number of hydrogen-bond acceptors (Lipinski definition) is 3. The number of nitrogens with one attached hydrogen (secondary N) is 1. The number of methoxy groups -OCH3 is 2. The lowest BCUT2D eigenvalue weighted by Crippen LogP contribution is -2.17. The highest BCUT2D eigenvalue weighted by atomic mass is 35.5. The Morgan fingerprint density at radius 1 is 1.00 bits per heavy atom. The zero-order valence-electron chi connectivity index (χ0n) is 12.8. The molecule has 1 N–H and O–H groups in total. The third-order valence-corrected chi connectivity index (χ3v) is 3.34. The van der Waals surface area contributed by atoms with E-state index in [9.17, 15) is 4.39 Å². The van der Waals surface area contributed by atoms with Crippen LogP contribution in [0, 0.1) is 5.82 Å². The first-order valence-corrected chi connectivity index (χ1v) is 6.89. The molecule has 0 amide bonds. The molecule has 0 aromatic heterocycles. The molecule has 0 bridgehead atoms. The van der Waals surface area contributed by atoms with Crippen molar-refractivity contribution in [3.8, 4) is 11.5 Å². The van der Waals surface area contributed by atoms with Gasteiger partial charge in [-0.25, -0.2) is 4.39 Å². The highest BCUT2D eigenvalue weighted by Crippen LogP contribution is 2.24. The van der Waals surface area contributed by atoms with E-state index in [4.69, 9.17) is 9.47 Å². The summed E-state index contributed by atoms with van der Waals surface area (Å²) in [6.45, 7) is 1.37. The quantitative estimate of drug-likeness (QED) is 0.789. The molecule has 5 heteroatoms. The second kappa shape index (κ2) is 9.28. The van der Waals surface area contributed by atoms with Crippen LogP contribution in [0.25, 0.3) is 0 Å². The van der Waals surface area contributed by atoms with Crippen molar-refractivity contribution in [1.29, 1.82) is 0 Å². The third kappa shape index (κ3) is 4.90. The highest BCUT2D eigenvalue weighted by molar-refractivity contribution is 5.85. The van der Waals surface area contributed by atoms with Gasteiger partial charge < -0.3 is 14.8 Å². The summed E-state index contributed by atoms with van der Waals surface area (Å²) in [6.07, 6.45) is 0.658. The van der Waals surface area contributed by atoms with E-state index in [2.05, 4.69) is 5.32 Å². The van der Waals surface area contributed by atoms with Gasteiger partial charge in [0.25, 0.3) is 0 Å². The first kappa shape index (κ1) is 18.3. The standard InChI is InChI=1S/C17H20FNO2.ClH/c1-20-15-8-7-14(17(11-15)21-2)12-19-10-9-13-5-3-4-6-16(13)18;/h3-8,11,19H,9-10,12H2,1-2H3;1H. The van der Waals surface area contributed by atoms with E-state index in [0.29, 0.717) is 19.5 Å². The van der Waals surface area contributed by atoms with Gasteiger partial charge in [0.05, 0.1) is 14.2 Å². The van der Waals surface area contributed by atoms with Crippen LogP contribution in [0.3, 0.4) is 0 Å². The molecular weight excluding hydrogens is 305 g/mol. The van der Waals surface area contributed by atoms with Gasteiger partial charge in [-0.3, -0.25) is 0 Å². The Morgan fingerprint density at radius 3 is 2.45 bits per heavy atom. The maximum absolute atomic E-state index is 13.5. The summed E-state index contributed by atoms with van der Waals surface area (Å²) in [6, 6.07) is 12.6. The maximum Gasteiger partial charge on any atom is 0.127 e. The van der Waals surface area contributed by atoms with Crippen molar-refractivity contribution >= 4 is 12.4 Å². The molecule has 120 valence electrons. The number of halogens is 2. The van der Waals surface area contributed by atoms with Crippen molar-refractivity contribution in [3.05, 3.63) is 59.4 Å². The molecule has 22 heavy (non-hydrogen) atoms. The first-order chi connectivity index (χ1) is 10.2. The zero-order valence-corrected chi connectivity index (χ0v) is 13.6. The molecule has 2 aromatic rings. The van der Waals surface area contributed by atoms with Crippen molar-refractivity contribution in [3.63, 3.8) is 0 Å². The minimum atomic E-state index is -0.152. The summed E-state index contributed by atoms with van der Waals surface area (Å²) in [5.41, 5.74) is 1.78. The third-order valence-electron chi connectivity index (χ3n) is 3.34. The van der Waals surface area contributed by atoms with Gasteiger partial charge in [0.15, 0.2) is 0 Å². The lowest BCUT2D eigenvalue weighted by Gasteiger charge is -2.11. The lowest BCUT2D eigenvalue weighted by molar-refractivity contribution is 0.390. The molecule has 0 saturated carbocycles. The Hall–Kier alpha value is -1.78. The first-order valence-electron chi connectivity index (χ1n) is 6.89. The van der Waals surface area contributed by atoms with Gasteiger partial charge in [-0.05, 0) is 30.7 Å². The van der Waals surface area contributed by atoms with E-state index in [1.54, 1.807) is 20.3 Å². The average molecular weight is 326 g/mol. The van der Waals surface area contributed by atoms with Crippen molar-refractivity contribution < 1.29 is 13.9 Å². The van der Waals surface area contributed by atoms with Crippen LogP contribution in [-0.2, 0) is 13.0 Å². The Balaban J connectivity index is 0.00000242. The Kier molecular flexibility index (Phi) is 7.71. The molecule has 0 unspecified atom stereocenters. The van der Waals surface area contributed by atoms with E-state index in [1.807, 2.05) is 30.3 Å². The molecule has 0 atom stereocenters. The van der Waals surface area contributed by atoms with Crippen LogP contribution in [0.15, 0.2) is 42.5 Å². The molecule has 0 radical (unpaired) electrons.